The number of aromatic carboxylic acids is 1. The van der Waals surface area contributed by atoms with Crippen molar-refractivity contribution in [3.05, 3.63) is 23.8 Å². The highest BCUT2D eigenvalue weighted by Crippen LogP contribution is 2.26. The van der Waals surface area contributed by atoms with Crippen molar-refractivity contribution in [1.82, 2.24) is 4.90 Å². The monoisotopic (exact) mass is 280 g/mol. The number of carbonyl (C=O) groups excluding carboxylic acids is 1. The van der Waals surface area contributed by atoms with Crippen molar-refractivity contribution >= 4 is 29.3 Å². The summed E-state index contributed by atoms with van der Waals surface area (Å²) >= 11 is 1.29. The van der Waals surface area contributed by atoms with E-state index in [1.807, 2.05) is 4.90 Å². The summed E-state index contributed by atoms with van der Waals surface area (Å²) in [6, 6.07) is 4.54. The van der Waals surface area contributed by atoms with Gasteiger partial charge in [-0.05, 0) is 31.0 Å². The first-order valence-electron chi connectivity index (χ1n) is 6.11. The Balaban J connectivity index is 2.00. The number of carbonyl (C=O) groups is 2. The zero-order chi connectivity index (χ0) is 13.8. The molecular weight excluding hydrogens is 264 g/mol. The van der Waals surface area contributed by atoms with Gasteiger partial charge in [-0.2, -0.15) is 0 Å². The number of likely N-dealkylation sites (tertiary alicyclic amines) is 1. The lowest BCUT2D eigenvalue weighted by Gasteiger charge is -2.15. The molecule has 1 aromatic carbocycles. The van der Waals surface area contributed by atoms with E-state index in [4.69, 9.17) is 10.8 Å². The van der Waals surface area contributed by atoms with Crippen molar-refractivity contribution in [2.24, 2.45) is 0 Å². The second kappa shape index (κ2) is 5.97. The van der Waals surface area contributed by atoms with Gasteiger partial charge in [-0.3, -0.25) is 4.79 Å². The van der Waals surface area contributed by atoms with Crippen LogP contribution in [0.4, 0.5) is 5.69 Å². The molecule has 5 nitrogen and oxygen atoms in total. The Morgan fingerprint density at radius 3 is 2.63 bits per heavy atom. The molecule has 19 heavy (non-hydrogen) atoms. The number of amides is 1. The van der Waals surface area contributed by atoms with Crippen LogP contribution in [0.1, 0.15) is 23.2 Å². The lowest BCUT2D eigenvalue weighted by molar-refractivity contribution is -0.127. The first-order valence-corrected chi connectivity index (χ1v) is 7.10. The lowest BCUT2D eigenvalue weighted by atomic mass is 10.2. The molecule has 0 bridgehead atoms. The van der Waals surface area contributed by atoms with E-state index >= 15 is 0 Å². The number of nitrogen functional groups attached to an aromatic ring is 1. The van der Waals surface area contributed by atoms with Crippen LogP contribution >= 0.6 is 11.8 Å². The Labute approximate surface area is 115 Å². The quantitative estimate of drug-likeness (QED) is 0.647. The van der Waals surface area contributed by atoms with Gasteiger partial charge in [-0.25, -0.2) is 4.79 Å². The highest BCUT2D eigenvalue weighted by Gasteiger charge is 2.18. The van der Waals surface area contributed by atoms with E-state index in [0.717, 1.165) is 25.9 Å². The van der Waals surface area contributed by atoms with E-state index in [1.54, 1.807) is 6.07 Å². The van der Waals surface area contributed by atoms with Gasteiger partial charge >= 0.3 is 5.97 Å². The first kappa shape index (κ1) is 13.7. The van der Waals surface area contributed by atoms with Gasteiger partial charge < -0.3 is 15.7 Å². The van der Waals surface area contributed by atoms with E-state index in [1.165, 1.54) is 23.9 Å². The van der Waals surface area contributed by atoms with E-state index in [0.29, 0.717) is 16.3 Å². The zero-order valence-electron chi connectivity index (χ0n) is 10.5. The van der Waals surface area contributed by atoms with Crippen molar-refractivity contribution in [2.75, 3.05) is 24.6 Å². The molecule has 0 aliphatic carbocycles. The van der Waals surface area contributed by atoms with Crippen LogP contribution in [-0.4, -0.2) is 40.7 Å². The second-order valence-corrected chi connectivity index (χ2v) is 5.45. The molecule has 0 unspecified atom stereocenters. The molecule has 1 amide bonds. The van der Waals surface area contributed by atoms with E-state index in [9.17, 15) is 9.59 Å². The van der Waals surface area contributed by atoms with Crippen LogP contribution in [-0.2, 0) is 4.79 Å². The topological polar surface area (TPSA) is 83.6 Å². The maximum Gasteiger partial charge on any atom is 0.335 e. The third-order valence-electron chi connectivity index (χ3n) is 3.07. The number of carboxylic acid groups (broad SMARTS) is 1. The minimum Gasteiger partial charge on any atom is -0.478 e. The Morgan fingerprint density at radius 2 is 2.00 bits per heavy atom. The molecule has 1 saturated heterocycles. The molecule has 1 aliphatic rings. The minimum absolute atomic E-state index is 0.0858. The second-order valence-electron chi connectivity index (χ2n) is 4.43. The van der Waals surface area contributed by atoms with Gasteiger partial charge in [0.05, 0.1) is 11.3 Å². The average molecular weight is 280 g/mol. The molecule has 1 aromatic rings. The fourth-order valence-corrected chi connectivity index (χ4v) is 2.90. The number of nitrogens with zero attached hydrogens (tertiary/aromatic N) is 1. The summed E-state index contributed by atoms with van der Waals surface area (Å²) in [5, 5.41) is 8.92. The number of thioether (sulfide) groups is 1. The summed E-state index contributed by atoms with van der Waals surface area (Å²) in [5.41, 5.74) is 6.48. The summed E-state index contributed by atoms with van der Waals surface area (Å²) < 4.78 is 0. The van der Waals surface area contributed by atoms with Crippen LogP contribution in [0.5, 0.6) is 0 Å². The fourth-order valence-electron chi connectivity index (χ4n) is 1.99. The number of anilines is 1. The fraction of sp³-hybridized carbons (Fsp3) is 0.385. The predicted molar refractivity (Wildman–Crippen MR) is 74.4 cm³/mol. The zero-order valence-corrected chi connectivity index (χ0v) is 11.3. The molecule has 6 heteroatoms. The standard InChI is InChI=1S/C13H16N2O3S/c14-10-4-3-9(13(17)18)7-11(10)19-8-12(16)15-5-1-2-6-15/h3-4,7H,1-2,5-6,8,14H2,(H,17,18). The van der Waals surface area contributed by atoms with E-state index in [-0.39, 0.29) is 11.5 Å². The van der Waals surface area contributed by atoms with Gasteiger partial charge in [-0.1, -0.05) is 0 Å². The molecule has 0 spiro atoms. The molecule has 1 aliphatic heterocycles. The Morgan fingerprint density at radius 1 is 1.32 bits per heavy atom. The molecule has 0 atom stereocenters. The van der Waals surface area contributed by atoms with Gasteiger partial charge in [0.25, 0.3) is 0 Å². The molecule has 3 N–H and O–H groups in total. The minimum atomic E-state index is -0.993. The van der Waals surface area contributed by atoms with Gasteiger partial charge in [0, 0.05) is 23.7 Å². The van der Waals surface area contributed by atoms with Crippen molar-refractivity contribution in [3.8, 4) is 0 Å². The molecule has 1 heterocycles. The summed E-state index contributed by atoms with van der Waals surface area (Å²) in [5.74, 6) is -0.608. The van der Waals surface area contributed by atoms with Crippen LogP contribution < -0.4 is 5.73 Å². The van der Waals surface area contributed by atoms with Crippen molar-refractivity contribution in [1.29, 1.82) is 0 Å². The summed E-state index contributed by atoms with van der Waals surface area (Å²) in [6.07, 6.45) is 2.13. The normalized spacial score (nSPS) is 14.6. The number of rotatable bonds is 4. The van der Waals surface area contributed by atoms with Crippen LogP contribution in [0.3, 0.4) is 0 Å². The molecular formula is C13H16N2O3S. The molecule has 0 saturated carbocycles. The maximum atomic E-state index is 11.9. The SMILES string of the molecule is Nc1ccc(C(=O)O)cc1SCC(=O)N1CCCC1. The third-order valence-corrected chi connectivity index (χ3v) is 4.13. The highest BCUT2D eigenvalue weighted by molar-refractivity contribution is 8.00. The molecule has 1 fully saturated rings. The van der Waals surface area contributed by atoms with Gasteiger partial charge in [0.2, 0.25) is 5.91 Å². The van der Waals surface area contributed by atoms with Gasteiger partial charge in [0.15, 0.2) is 0 Å². The number of carboxylic acids is 1. The van der Waals surface area contributed by atoms with Crippen molar-refractivity contribution < 1.29 is 14.7 Å². The van der Waals surface area contributed by atoms with Crippen LogP contribution in [0.15, 0.2) is 23.1 Å². The van der Waals surface area contributed by atoms with Crippen LogP contribution in [0, 0.1) is 0 Å². The Kier molecular flexibility index (Phi) is 4.31. The van der Waals surface area contributed by atoms with E-state index < -0.39 is 5.97 Å². The third kappa shape index (κ3) is 3.41. The first-order chi connectivity index (χ1) is 9.08. The Bertz CT molecular complexity index is 499. The summed E-state index contributed by atoms with van der Waals surface area (Å²) in [7, 11) is 0. The largest absolute Gasteiger partial charge is 0.478 e. The van der Waals surface area contributed by atoms with E-state index in [2.05, 4.69) is 0 Å². The summed E-state index contributed by atoms with van der Waals surface area (Å²) in [6.45, 7) is 1.65. The smallest absolute Gasteiger partial charge is 0.335 e. The summed E-state index contributed by atoms with van der Waals surface area (Å²) in [4.78, 5) is 25.3. The highest BCUT2D eigenvalue weighted by atomic mass is 32.2. The van der Waals surface area contributed by atoms with Gasteiger partial charge in [0.1, 0.15) is 0 Å². The molecule has 102 valence electrons. The number of benzene rings is 1. The maximum absolute atomic E-state index is 11.9. The Hall–Kier alpha value is -1.69. The molecule has 0 aromatic heterocycles. The predicted octanol–water partition coefficient (Wildman–Crippen LogP) is 1.68. The average Bonchev–Trinajstić information content (AvgIpc) is 2.91. The van der Waals surface area contributed by atoms with Crippen LogP contribution in [0.2, 0.25) is 0 Å². The van der Waals surface area contributed by atoms with Crippen molar-refractivity contribution in [3.63, 3.8) is 0 Å². The number of nitrogens with two attached hydrogens (primary N) is 1. The number of hydrogen-bond acceptors (Lipinski definition) is 4. The lowest BCUT2D eigenvalue weighted by Crippen LogP contribution is -2.29. The number of hydrogen-bond donors (Lipinski definition) is 2. The molecule has 0 radical (unpaired) electrons. The molecule has 2 rings (SSSR count). The van der Waals surface area contributed by atoms with Crippen molar-refractivity contribution in [2.45, 2.75) is 17.7 Å². The van der Waals surface area contributed by atoms with Gasteiger partial charge in [-0.15, -0.1) is 11.8 Å². The van der Waals surface area contributed by atoms with Crippen LogP contribution in [0.25, 0.3) is 0 Å².